The summed E-state index contributed by atoms with van der Waals surface area (Å²) >= 11 is 0. The fourth-order valence-electron chi connectivity index (χ4n) is 1.35. The zero-order valence-electron chi connectivity index (χ0n) is 9.28. The lowest BCUT2D eigenvalue weighted by Crippen LogP contribution is -2.08. The van der Waals surface area contributed by atoms with Crippen LogP contribution in [0, 0.1) is 6.92 Å². The van der Waals surface area contributed by atoms with Crippen LogP contribution in [0.25, 0.3) is 0 Å². The molecule has 1 rings (SSSR count). The van der Waals surface area contributed by atoms with Crippen LogP contribution in [-0.2, 0) is 15.9 Å². The van der Waals surface area contributed by atoms with Crippen LogP contribution in [-0.4, -0.2) is 26.2 Å². The molecule has 0 heterocycles. The lowest BCUT2D eigenvalue weighted by Gasteiger charge is -2.07. The lowest BCUT2D eigenvalue weighted by atomic mass is 10.0. The molecule has 0 saturated carbocycles. The third-order valence-electron chi connectivity index (χ3n) is 2.20. The van der Waals surface area contributed by atoms with E-state index in [0.717, 1.165) is 0 Å². The molecule has 4 nitrogen and oxygen atoms in total. The second-order valence-electron chi connectivity index (χ2n) is 3.11. The van der Waals surface area contributed by atoms with E-state index in [-0.39, 0.29) is 0 Å². The van der Waals surface area contributed by atoms with Crippen LogP contribution < -0.4 is 0 Å². The van der Waals surface area contributed by atoms with Crippen LogP contribution in [0.1, 0.15) is 26.3 Å². The number of methoxy groups -OCH3 is 2. The van der Waals surface area contributed by atoms with Crippen LogP contribution in [0.2, 0.25) is 0 Å². The van der Waals surface area contributed by atoms with E-state index in [4.69, 9.17) is 0 Å². The minimum Gasteiger partial charge on any atom is -0.465 e. The standard InChI is InChI=1S/C12H13O4/c1-4-8-7-9(11(13)15-2)5-6-10(8)12(14)16-3/h5-7H,1,4H2,2-3H3. The maximum atomic E-state index is 11.4. The number of benzene rings is 1. The Bertz CT molecular complexity index is 409. The topological polar surface area (TPSA) is 52.6 Å². The fraction of sp³-hybridized carbons (Fsp3) is 0.250. The van der Waals surface area contributed by atoms with Gasteiger partial charge in [-0.05, 0) is 37.1 Å². The SMILES string of the molecule is [CH2]Cc1cc(C(=O)OC)ccc1C(=O)OC. The van der Waals surface area contributed by atoms with E-state index in [1.165, 1.54) is 20.3 Å². The molecule has 0 unspecified atom stereocenters. The Balaban J connectivity index is 3.16. The Kier molecular flexibility index (Phi) is 4.05. The van der Waals surface area contributed by atoms with E-state index in [1.807, 2.05) is 0 Å². The molecule has 1 aromatic rings. The molecule has 16 heavy (non-hydrogen) atoms. The molecule has 85 valence electrons. The van der Waals surface area contributed by atoms with Gasteiger partial charge in [-0.3, -0.25) is 0 Å². The van der Waals surface area contributed by atoms with Crippen molar-refractivity contribution < 1.29 is 19.1 Å². The summed E-state index contributed by atoms with van der Waals surface area (Å²) in [4.78, 5) is 22.7. The third-order valence-corrected chi connectivity index (χ3v) is 2.20. The van der Waals surface area contributed by atoms with Gasteiger partial charge in [-0.25, -0.2) is 9.59 Å². The zero-order chi connectivity index (χ0) is 12.1. The Morgan fingerprint density at radius 3 is 2.31 bits per heavy atom. The van der Waals surface area contributed by atoms with Crippen LogP contribution in [0.3, 0.4) is 0 Å². The van der Waals surface area contributed by atoms with Gasteiger partial charge in [-0.2, -0.15) is 0 Å². The predicted octanol–water partition coefficient (Wildman–Crippen LogP) is 1.64. The van der Waals surface area contributed by atoms with Gasteiger partial charge in [-0.15, -0.1) is 0 Å². The van der Waals surface area contributed by atoms with Gasteiger partial charge in [0.2, 0.25) is 0 Å². The number of carbonyl (C=O) groups excluding carboxylic acids is 2. The van der Waals surface area contributed by atoms with Gasteiger partial charge < -0.3 is 9.47 Å². The Morgan fingerprint density at radius 2 is 1.81 bits per heavy atom. The minimum atomic E-state index is -0.439. The molecule has 0 aliphatic heterocycles. The fourth-order valence-corrected chi connectivity index (χ4v) is 1.35. The quantitative estimate of drug-likeness (QED) is 0.728. The number of carbonyl (C=O) groups is 2. The number of rotatable bonds is 3. The second kappa shape index (κ2) is 5.30. The van der Waals surface area contributed by atoms with E-state index >= 15 is 0 Å². The van der Waals surface area contributed by atoms with Gasteiger partial charge in [-0.1, -0.05) is 0 Å². The van der Waals surface area contributed by atoms with E-state index in [0.29, 0.717) is 23.1 Å². The summed E-state index contributed by atoms with van der Waals surface area (Å²) in [5, 5.41) is 0. The molecule has 0 amide bonds. The first kappa shape index (κ1) is 12.2. The lowest BCUT2D eigenvalue weighted by molar-refractivity contribution is 0.0585. The molecule has 0 aromatic heterocycles. The molecule has 0 aliphatic rings. The molecule has 0 atom stereocenters. The highest BCUT2D eigenvalue weighted by Gasteiger charge is 2.13. The maximum Gasteiger partial charge on any atom is 0.338 e. The maximum absolute atomic E-state index is 11.4. The van der Waals surface area contributed by atoms with Crippen molar-refractivity contribution in [1.29, 1.82) is 0 Å². The monoisotopic (exact) mass is 221 g/mol. The molecule has 0 spiro atoms. The smallest absolute Gasteiger partial charge is 0.338 e. The van der Waals surface area contributed by atoms with Crippen molar-refractivity contribution in [2.24, 2.45) is 0 Å². The molecule has 4 heteroatoms. The van der Waals surface area contributed by atoms with Crippen molar-refractivity contribution in [1.82, 2.24) is 0 Å². The molecule has 0 aliphatic carbocycles. The largest absolute Gasteiger partial charge is 0.465 e. The average molecular weight is 221 g/mol. The Labute approximate surface area is 94.2 Å². The summed E-state index contributed by atoms with van der Waals surface area (Å²) in [7, 11) is 2.61. The Morgan fingerprint density at radius 1 is 1.19 bits per heavy atom. The van der Waals surface area contributed by atoms with Crippen molar-refractivity contribution in [3.05, 3.63) is 41.8 Å². The normalized spacial score (nSPS) is 9.69. The molecule has 1 radical (unpaired) electrons. The first-order valence-corrected chi connectivity index (χ1v) is 4.72. The molecule has 0 fully saturated rings. The second-order valence-corrected chi connectivity index (χ2v) is 3.11. The Hall–Kier alpha value is -1.84. The molecule has 1 aromatic carbocycles. The third kappa shape index (κ3) is 2.39. The van der Waals surface area contributed by atoms with Crippen LogP contribution >= 0.6 is 0 Å². The summed E-state index contributed by atoms with van der Waals surface area (Å²) in [6.07, 6.45) is 0.398. The average Bonchev–Trinajstić information content (AvgIpc) is 2.35. The van der Waals surface area contributed by atoms with E-state index in [2.05, 4.69) is 16.4 Å². The molecule has 0 N–H and O–H groups in total. The highest BCUT2D eigenvalue weighted by Crippen LogP contribution is 2.14. The summed E-state index contributed by atoms with van der Waals surface area (Å²) < 4.78 is 9.21. The van der Waals surface area contributed by atoms with Crippen molar-refractivity contribution in [2.75, 3.05) is 14.2 Å². The van der Waals surface area contributed by atoms with Gasteiger partial charge in [0.15, 0.2) is 0 Å². The van der Waals surface area contributed by atoms with Crippen molar-refractivity contribution in [3.8, 4) is 0 Å². The van der Waals surface area contributed by atoms with Gasteiger partial charge in [0.1, 0.15) is 0 Å². The first-order valence-electron chi connectivity index (χ1n) is 4.72. The van der Waals surface area contributed by atoms with Crippen molar-refractivity contribution in [2.45, 2.75) is 6.42 Å². The number of hydrogen-bond acceptors (Lipinski definition) is 4. The molecular formula is C12H13O4. The van der Waals surface area contributed by atoms with E-state index in [9.17, 15) is 9.59 Å². The highest BCUT2D eigenvalue weighted by atomic mass is 16.5. The molecular weight excluding hydrogens is 208 g/mol. The molecule has 0 bridgehead atoms. The van der Waals surface area contributed by atoms with Crippen molar-refractivity contribution >= 4 is 11.9 Å². The van der Waals surface area contributed by atoms with E-state index < -0.39 is 11.9 Å². The summed E-state index contributed by atoms with van der Waals surface area (Å²) in [5.41, 5.74) is 1.48. The number of ether oxygens (including phenoxy) is 2. The van der Waals surface area contributed by atoms with Crippen molar-refractivity contribution in [3.63, 3.8) is 0 Å². The predicted molar refractivity (Wildman–Crippen MR) is 58.2 cm³/mol. The van der Waals surface area contributed by atoms with Gasteiger partial charge >= 0.3 is 11.9 Å². The van der Waals surface area contributed by atoms with Gasteiger partial charge in [0, 0.05) is 0 Å². The summed E-state index contributed by atoms with van der Waals surface area (Å²) in [6, 6.07) is 4.65. The van der Waals surface area contributed by atoms with Crippen LogP contribution in [0.15, 0.2) is 18.2 Å². The zero-order valence-corrected chi connectivity index (χ0v) is 9.28. The molecule has 0 saturated heterocycles. The van der Waals surface area contributed by atoms with Crippen LogP contribution in [0.4, 0.5) is 0 Å². The van der Waals surface area contributed by atoms with Gasteiger partial charge in [0.05, 0.1) is 25.3 Å². The summed E-state index contributed by atoms with van der Waals surface area (Å²) in [6.45, 7) is 3.70. The minimum absolute atomic E-state index is 0.397. The first-order chi connectivity index (χ1) is 7.63. The number of esters is 2. The number of hydrogen-bond donors (Lipinski definition) is 0. The van der Waals surface area contributed by atoms with E-state index in [1.54, 1.807) is 12.1 Å². The van der Waals surface area contributed by atoms with Crippen LogP contribution in [0.5, 0.6) is 0 Å². The summed E-state index contributed by atoms with van der Waals surface area (Å²) in [5.74, 6) is -0.874. The highest BCUT2D eigenvalue weighted by molar-refractivity contribution is 5.94. The van der Waals surface area contributed by atoms with Gasteiger partial charge in [0.25, 0.3) is 0 Å².